The van der Waals surface area contributed by atoms with Gasteiger partial charge in [-0.15, -0.1) is 0 Å². The predicted octanol–water partition coefficient (Wildman–Crippen LogP) is 3.45. The maximum atomic E-state index is 12.4. The Labute approximate surface area is 171 Å². The van der Waals surface area contributed by atoms with E-state index in [1.54, 1.807) is 55.8 Å². The number of nitriles is 2. The molecule has 0 spiro atoms. The number of carbonyl (C=O) groups is 1. The lowest BCUT2D eigenvalue weighted by atomic mass is 9.97. The van der Waals surface area contributed by atoms with Gasteiger partial charge in [0.25, 0.3) is 0 Å². The second-order valence-electron chi connectivity index (χ2n) is 5.81. The zero-order valence-electron chi connectivity index (χ0n) is 15.4. The zero-order valence-corrected chi connectivity index (χ0v) is 16.2. The molecule has 0 aliphatic rings. The van der Waals surface area contributed by atoms with Gasteiger partial charge in [-0.2, -0.15) is 10.5 Å². The van der Waals surface area contributed by atoms with Gasteiger partial charge in [-0.3, -0.25) is 9.78 Å². The molecule has 0 aliphatic carbocycles. The molecule has 0 saturated carbocycles. The minimum absolute atomic E-state index is 0.00473. The van der Waals surface area contributed by atoms with Crippen molar-refractivity contribution in [2.75, 3.05) is 18.6 Å². The highest BCUT2D eigenvalue weighted by Gasteiger charge is 2.21. The Kier molecular flexibility index (Phi) is 6.08. The maximum absolute atomic E-state index is 12.4. The third-order valence-corrected chi connectivity index (χ3v) is 5.06. The molecule has 29 heavy (non-hydrogen) atoms. The largest absolute Gasteiger partial charge is 0.497 e. The summed E-state index contributed by atoms with van der Waals surface area (Å²) in [5.74, 6) is 0.482. The van der Waals surface area contributed by atoms with Crippen molar-refractivity contribution in [2.45, 2.75) is 5.03 Å². The fourth-order valence-electron chi connectivity index (χ4n) is 2.68. The monoisotopic (exact) mass is 401 g/mol. The van der Waals surface area contributed by atoms with Gasteiger partial charge in [0.2, 0.25) is 0 Å². The van der Waals surface area contributed by atoms with Crippen LogP contribution in [0.15, 0.2) is 53.7 Å². The van der Waals surface area contributed by atoms with E-state index in [1.807, 2.05) is 6.07 Å². The number of aromatic nitrogens is 2. The molecule has 0 bridgehead atoms. The molecule has 0 aliphatic heterocycles. The van der Waals surface area contributed by atoms with Crippen molar-refractivity contribution in [3.63, 3.8) is 0 Å². The second-order valence-corrected chi connectivity index (χ2v) is 6.77. The van der Waals surface area contributed by atoms with Gasteiger partial charge in [-0.05, 0) is 29.8 Å². The standard InChI is InChI=1S/C21H15N5O2S/c1-28-14-7-5-13(6-8-14)19-15(10-22)20(24)26-21(16(19)11-23)29-12-18(27)17-4-2-3-9-25-17/h2-9H,12H2,1H3,(H2,24,26). The zero-order chi connectivity index (χ0) is 20.8. The Balaban J connectivity index is 2.02. The maximum Gasteiger partial charge on any atom is 0.191 e. The first-order valence-electron chi connectivity index (χ1n) is 8.44. The Bertz CT molecular complexity index is 1130. The highest BCUT2D eigenvalue weighted by molar-refractivity contribution is 8.00. The number of Topliss-reactive ketones (excluding diaryl/α,β-unsaturated/α-hetero) is 1. The van der Waals surface area contributed by atoms with Crippen LogP contribution in [0.2, 0.25) is 0 Å². The van der Waals surface area contributed by atoms with E-state index in [4.69, 9.17) is 10.5 Å². The van der Waals surface area contributed by atoms with E-state index < -0.39 is 0 Å². The van der Waals surface area contributed by atoms with E-state index in [1.165, 1.54) is 0 Å². The van der Waals surface area contributed by atoms with Crippen LogP contribution in [-0.4, -0.2) is 28.6 Å². The van der Waals surface area contributed by atoms with Gasteiger partial charge in [0, 0.05) is 11.8 Å². The van der Waals surface area contributed by atoms with Crippen LogP contribution in [0.5, 0.6) is 5.75 Å². The van der Waals surface area contributed by atoms with E-state index in [-0.39, 0.29) is 28.5 Å². The molecule has 0 unspecified atom stereocenters. The van der Waals surface area contributed by atoms with Crippen LogP contribution >= 0.6 is 11.8 Å². The molecule has 3 rings (SSSR count). The summed E-state index contributed by atoms with van der Waals surface area (Å²) in [6, 6.07) is 16.1. The fraction of sp³-hybridized carbons (Fsp3) is 0.0952. The number of rotatable bonds is 6. The number of nitrogens with two attached hydrogens (primary N) is 1. The summed E-state index contributed by atoms with van der Waals surface area (Å²) in [7, 11) is 1.55. The molecule has 8 heteroatoms. The number of ether oxygens (including phenoxy) is 1. The van der Waals surface area contributed by atoms with Crippen molar-refractivity contribution < 1.29 is 9.53 Å². The number of nitrogen functional groups attached to an aromatic ring is 1. The summed E-state index contributed by atoms with van der Waals surface area (Å²) in [4.78, 5) is 20.6. The third kappa shape index (κ3) is 4.18. The van der Waals surface area contributed by atoms with E-state index in [0.717, 1.165) is 11.8 Å². The minimum Gasteiger partial charge on any atom is -0.497 e. The second kappa shape index (κ2) is 8.87. The number of anilines is 1. The van der Waals surface area contributed by atoms with Gasteiger partial charge in [0.1, 0.15) is 40.0 Å². The molecule has 1 aromatic carbocycles. The fourth-order valence-corrected chi connectivity index (χ4v) is 3.56. The molecule has 0 atom stereocenters. The predicted molar refractivity (Wildman–Crippen MR) is 109 cm³/mol. The van der Waals surface area contributed by atoms with Gasteiger partial charge in [-0.25, -0.2) is 4.98 Å². The average molecular weight is 401 g/mol. The number of ketones is 1. The summed E-state index contributed by atoms with van der Waals surface area (Å²) in [5, 5.41) is 19.6. The average Bonchev–Trinajstić information content (AvgIpc) is 2.77. The van der Waals surface area contributed by atoms with E-state index in [9.17, 15) is 15.3 Å². The van der Waals surface area contributed by atoms with Gasteiger partial charge in [-0.1, -0.05) is 30.0 Å². The highest BCUT2D eigenvalue weighted by atomic mass is 32.2. The molecule has 0 fully saturated rings. The molecule has 2 N–H and O–H groups in total. The SMILES string of the molecule is COc1ccc(-c2c(C#N)c(N)nc(SCC(=O)c3ccccn3)c2C#N)cc1. The topological polar surface area (TPSA) is 126 Å². The van der Waals surface area contributed by atoms with Crippen LogP contribution in [0.25, 0.3) is 11.1 Å². The number of methoxy groups -OCH3 is 1. The lowest BCUT2D eigenvalue weighted by Gasteiger charge is -2.13. The van der Waals surface area contributed by atoms with Crippen LogP contribution in [0.1, 0.15) is 21.6 Å². The Morgan fingerprint density at radius 1 is 1.14 bits per heavy atom. The molecule has 0 radical (unpaired) electrons. The number of thioether (sulfide) groups is 1. The number of hydrogen-bond acceptors (Lipinski definition) is 8. The van der Waals surface area contributed by atoms with Crippen LogP contribution in [-0.2, 0) is 0 Å². The van der Waals surface area contributed by atoms with Gasteiger partial charge in [0.15, 0.2) is 5.78 Å². The summed E-state index contributed by atoms with van der Waals surface area (Å²) in [5.41, 5.74) is 7.65. The molecule has 0 amide bonds. The normalized spacial score (nSPS) is 10.0. The summed E-state index contributed by atoms with van der Waals surface area (Å²) in [6.07, 6.45) is 1.54. The number of carbonyl (C=O) groups excluding carboxylic acids is 1. The van der Waals surface area contributed by atoms with Gasteiger partial charge >= 0.3 is 0 Å². The molecule has 7 nitrogen and oxygen atoms in total. The van der Waals surface area contributed by atoms with E-state index in [0.29, 0.717) is 27.6 Å². The Morgan fingerprint density at radius 2 is 1.86 bits per heavy atom. The molecule has 2 heterocycles. The first kappa shape index (κ1) is 19.9. The van der Waals surface area contributed by atoms with Crippen molar-refractivity contribution in [2.24, 2.45) is 0 Å². The van der Waals surface area contributed by atoms with Crippen molar-refractivity contribution in [3.05, 3.63) is 65.5 Å². The first-order valence-corrected chi connectivity index (χ1v) is 9.42. The summed E-state index contributed by atoms with van der Waals surface area (Å²) < 4.78 is 5.16. The molecule has 3 aromatic rings. The third-order valence-electron chi connectivity index (χ3n) is 4.08. The Morgan fingerprint density at radius 3 is 2.45 bits per heavy atom. The van der Waals surface area contributed by atoms with Crippen LogP contribution in [0.3, 0.4) is 0 Å². The van der Waals surface area contributed by atoms with E-state index >= 15 is 0 Å². The van der Waals surface area contributed by atoms with Crippen molar-refractivity contribution in [1.29, 1.82) is 10.5 Å². The van der Waals surface area contributed by atoms with Crippen molar-refractivity contribution in [3.8, 4) is 29.0 Å². The molecule has 142 valence electrons. The lowest BCUT2D eigenvalue weighted by molar-refractivity contribution is 0.101. The smallest absolute Gasteiger partial charge is 0.191 e. The molecular formula is C21H15N5O2S. The van der Waals surface area contributed by atoms with Crippen molar-refractivity contribution >= 4 is 23.4 Å². The number of nitrogens with zero attached hydrogens (tertiary/aromatic N) is 4. The highest BCUT2D eigenvalue weighted by Crippen LogP contribution is 2.36. The van der Waals surface area contributed by atoms with Crippen LogP contribution in [0, 0.1) is 22.7 Å². The first-order chi connectivity index (χ1) is 14.1. The number of benzene rings is 1. The molecular weight excluding hydrogens is 386 g/mol. The van der Waals surface area contributed by atoms with Gasteiger partial charge < -0.3 is 10.5 Å². The molecule has 0 saturated heterocycles. The minimum atomic E-state index is -0.199. The van der Waals surface area contributed by atoms with Gasteiger partial charge in [0.05, 0.1) is 18.4 Å². The van der Waals surface area contributed by atoms with Crippen molar-refractivity contribution in [1.82, 2.24) is 9.97 Å². The van der Waals surface area contributed by atoms with Crippen LogP contribution in [0.4, 0.5) is 5.82 Å². The van der Waals surface area contributed by atoms with E-state index in [2.05, 4.69) is 16.0 Å². The quantitative estimate of drug-likeness (QED) is 0.492. The van der Waals surface area contributed by atoms with Crippen LogP contribution < -0.4 is 10.5 Å². The number of hydrogen-bond donors (Lipinski definition) is 1. The summed E-state index contributed by atoms with van der Waals surface area (Å²) >= 11 is 1.09. The molecule has 2 aromatic heterocycles. The number of pyridine rings is 2. The Hall–Kier alpha value is -3.88. The lowest BCUT2D eigenvalue weighted by Crippen LogP contribution is -2.07. The summed E-state index contributed by atoms with van der Waals surface area (Å²) in [6.45, 7) is 0.